The fourth-order valence-electron chi connectivity index (χ4n) is 3.07. The number of hydrogen-bond donors (Lipinski definition) is 1. The van der Waals surface area contributed by atoms with Crippen molar-refractivity contribution in [2.45, 2.75) is 26.5 Å². The van der Waals surface area contributed by atoms with Gasteiger partial charge in [0.1, 0.15) is 12.4 Å². The van der Waals surface area contributed by atoms with Gasteiger partial charge in [0.2, 0.25) is 11.8 Å². The van der Waals surface area contributed by atoms with Crippen molar-refractivity contribution < 1.29 is 14.3 Å². The monoisotopic (exact) mass is 398 g/mol. The fraction of sp³-hybridized carbons (Fsp3) is 0.364. The zero-order valence-corrected chi connectivity index (χ0v) is 17.3. The van der Waals surface area contributed by atoms with Crippen molar-refractivity contribution in [3.63, 3.8) is 0 Å². The van der Waals surface area contributed by atoms with Gasteiger partial charge in [-0.25, -0.2) is 0 Å². The number of rotatable bonds is 6. The number of carbonyl (C=O) groups excluding carboxylic acids is 2. The van der Waals surface area contributed by atoms with Crippen molar-refractivity contribution in [2.24, 2.45) is 5.41 Å². The summed E-state index contributed by atoms with van der Waals surface area (Å²) in [7, 11) is 0. The van der Waals surface area contributed by atoms with E-state index in [4.69, 9.17) is 4.74 Å². The molecule has 148 valence electrons. The van der Waals surface area contributed by atoms with Gasteiger partial charge in [0, 0.05) is 24.1 Å². The summed E-state index contributed by atoms with van der Waals surface area (Å²) >= 11 is 1.57. The number of carbonyl (C=O) groups is 2. The highest BCUT2D eigenvalue weighted by atomic mass is 32.2. The first-order chi connectivity index (χ1) is 13.4. The average Bonchev–Trinajstić information content (AvgIpc) is 2.77. The molecule has 0 saturated carbocycles. The van der Waals surface area contributed by atoms with Crippen molar-refractivity contribution in [3.8, 4) is 5.75 Å². The summed E-state index contributed by atoms with van der Waals surface area (Å²) in [6.07, 6.45) is 0. The summed E-state index contributed by atoms with van der Waals surface area (Å²) in [5.41, 5.74) is 2.03. The van der Waals surface area contributed by atoms with Crippen LogP contribution in [0.3, 0.4) is 0 Å². The lowest BCUT2D eigenvalue weighted by Gasteiger charge is -2.26. The zero-order chi connectivity index (χ0) is 20.1. The first-order valence-corrected chi connectivity index (χ1v) is 10.6. The molecule has 0 atom stereocenters. The Labute approximate surface area is 170 Å². The van der Waals surface area contributed by atoms with E-state index in [1.54, 1.807) is 22.7 Å². The molecule has 2 amide bonds. The lowest BCUT2D eigenvalue weighted by atomic mass is 9.93. The summed E-state index contributed by atoms with van der Waals surface area (Å²) < 4.78 is 5.91. The number of nitrogens with one attached hydrogen (secondary N) is 1. The van der Waals surface area contributed by atoms with Gasteiger partial charge in [-0.3, -0.25) is 9.59 Å². The highest BCUT2D eigenvalue weighted by molar-refractivity contribution is 7.99. The Morgan fingerprint density at radius 1 is 1.21 bits per heavy atom. The first kappa shape index (κ1) is 20.3. The molecule has 2 aromatic rings. The highest BCUT2D eigenvalue weighted by Crippen LogP contribution is 2.38. The second-order valence-electron chi connectivity index (χ2n) is 7.43. The van der Waals surface area contributed by atoms with E-state index >= 15 is 0 Å². The van der Waals surface area contributed by atoms with Crippen molar-refractivity contribution in [2.75, 3.05) is 29.1 Å². The summed E-state index contributed by atoms with van der Waals surface area (Å²) in [5.74, 6) is 1.78. The van der Waals surface area contributed by atoms with Crippen LogP contribution >= 0.6 is 11.8 Å². The average molecular weight is 399 g/mol. The minimum Gasteiger partial charge on any atom is -0.490 e. The number of fused-ring (bicyclic) bond motifs is 1. The van der Waals surface area contributed by atoms with Crippen molar-refractivity contribution in [1.82, 2.24) is 0 Å². The zero-order valence-electron chi connectivity index (χ0n) is 16.5. The second kappa shape index (κ2) is 8.69. The van der Waals surface area contributed by atoms with E-state index in [1.165, 1.54) is 5.56 Å². The molecule has 1 aliphatic rings. The maximum Gasteiger partial charge on any atom is 0.236 e. The molecule has 0 bridgehead atoms. The van der Waals surface area contributed by atoms with Crippen LogP contribution in [0.25, 0.3) is 0 Å². The Morgan fingerprint density at radius 3 is 2.68 bits per heavy atom. The lowest BCUT2D eigenvalue weighted by Crippen LogP contribution is -2.42. The number of amides is 2. The van der Waals surface area contributed by atoms with Crippen LogP contribution in [0.2, 0.25) is 0 Å². The van der Waals surface area contributed by atoms with Crippen LogP contribution in [0.15, 0.2) is 48.5 Å². The number of thioether (sulfide) groups is 1. The Morgan fingerprint density at radius 2 is 1.96 bits per heavy atom. The van der Waals surface area contributed by atoms with Crippen LogP contribution in [0, 0.1) is 5.41 Å². The van der Waals surface area contributed by atoms with Crippen LogP contribution in [0.4, 0.5) is 11.4 Å². The van der Waals surface area contributed by atoms with E-state index in [9.17, 15) is 9.59 Å². The van der Waals surface area contributed by atoms with Gasteiger partial charge in [-0.15, -0.1) is 11.8 Å². The van der Waals surface area contributed by atoms with E-state index in [1.807, 2.05) is 51.1 Å². The standard InChI is InChI=1S/C22H26N2O3S/c1-4-24-18-11-10-17(12-19(18)27-15-22(2,3)21(24)26)23-20(25)14-28-13-16-8-6-5-7-9-16/h5-12H,4,13-15H2,1-3H3,(H,23,25). The summed E-state index contributed by atoms with van der Waals surface area (Å²) in [6, 6.07) is 15.5. The molecule has 0 saturated heterocycles. The number of anilines is 2. The molecule has 0 fully saturated rings. The molecular formula is C22H26N2O3S. The fourth-order valence-corrected chi connectivity index (χ4v) is 3.86. The minimum absolute atomic E-state index is 0.0443. The second-order valence-corrected chi connectivity index (χ2v) is 8.42. The van der Waals surface area contributed by atoms with E-state index < -0.39 is 5.41 Å². The lowest BCUT2D eigenvalue weighted by molar-refractivity contribution is -0.127. The molecule has 3 rings (SSSR count). The number of nitrogens with zero attached hydrogens (tertiary/aromatic N) is 1. The van der Waals surface area contributed by atoms with Gasteiger partial charge < -0.3 is 15.0 Å². The largest absolute Gasteiger partial charge is 0.490 e. The van der Waals surface area contributed by atoms with E-state index in [2.05, 4.69) is 17.4 Å². The molecule has 1 heterocycles. The van der Waals surface area contributed by atoms with Crippen molar-refractivity contribution >= 4 is 35.0 Å². The molecule has 5 nitrogen and oxygen atoms in total. The Bertz CT molecular complexity index is 852. The topological polar surface area (TPSA) is 58.6 Å². The Hall–Kier alpha value is -2.47. The van der Waals surface area contributed by atoms with Gasteiger partial charge in [-0.2, -0.15) is 0 Å². The molecule has 0 radical (unpaired) electrons. The Kier molecular flexibility index (Phi) is 6.29. The summed E-state index contributed by atoms with van der Waals surface area (Å²) in [6.45, 7) is 6.59. The molecule has 0 unspecified atom stereocenters. The molecule has 0 aromatic heterocycles. The molecule has 1 N–H and O–H groups in total. The minimum atomic E-state index is -0.591. The van der Waals surface area contributed by atoms with Gasteiger partial charge in [-0.05, 0) is 38.5 Å². The van der Waals surface area contributed by atoms with E-state index in [-0.39, 0.29) is 11.8 Å². The van der Waals surface area contributed by atoms with Crippen LogP contribution in [0.1, 0.15) is 26.3 Å². The van der Waals surface area contributed by atoms with Gasteiger partial charge in [0.25, 0.3) is 0 Å². The van der Waals surface area contributed by atoms with E-state index in [0.29, 0.717) is 30.3 Å². The Balaban J connectivity index is 1.64. The first-order valence-electron chi connectivity index (χ1n) is 9.41. The SMILES string of the molecule is CCN1C(=O)C(C)(C)COc2cc(NC(=O)CSCc3ccccc3)ccc21. The highest BCUT2D eigenvalue weighted by Gasteiger charge is 2.37. The van der Waals surface area contributed by atoms with Gasteiger partial charge in [-0.1, -0.05) is 30.3 Å². The quantitative estimate of drug-likeness (QED) is 0.787. The van der Waals surface area contributed by atoms with Gasteiger partial charge in [0.05, 0.1) is 16.9 Å². The molecule has 1 aliphatic heterocycles. The van der Waals surface area contributed by atoms with Gasteiger partial charge in [0.15, 0.2) is 0 Å². The summed E-state index contributed by atoms with van der Waals surface area (Å²) in [5, 5.41) is 2.92. The number of hydrogen-bond acceptors (Lipinski definition) is 4. The maximum absolute atomic E-state index is 12.7. The smallest absolute Gasteiger partial charge is 0.236 e. The predicted molar refractivity (Wildman–Crippen MR) is 115 cm³/mol. The third kappa shape index (κ3) is 4.68. The summed E-state index contributed by atoms with van der Waals surface area (Å²) in [4.78, 5) is 26.7. The normalized spacial score (nSPS) is 15.4. The molecule has 2 aromatic carbocycles. The van der Waals surface area contributed by atoms with Gasteiger partial charge >= 0.3 is 0 Å². The third-order valence-corrected chi connectivity index (χ3v) is 5.61. The molecule has 6 heteroatoms. The number of benzene rings is 2. The molecular weight excluding hydrogens is 372 g/mol. The molecule has 0 aliphatic carbocycles. The molecule has 28 heavy (non-hydrogen) atoms. The number of ether oxygens (including phenoxy) is 1. The predicted octanol–water partition coefficient (Wildman–Crippen LogP) is 4.33. The third-order valence-electron chi connectivity index (χ3n) is 4.61. The van der Waals surface area contributed by atoms with Crippen LogP contribution in [-0.4, -0.2) is 30.7 Å². The molecule has 0 spiro atoms. The maximum atomic E-state index is 12.7. The van der Waals surface area contributed by atoms with E-state index in [0.717, 1.165) is 11.4 Å². The van der Waals surface area contributed by atoms with Crippen LogP contribution in [0.5, 0.6) is 5.75 Å². The van der Waals surface area contributed by atoms with Crippen molar-refractivity contribution in [1.29, 1.82) is 0 Å². The van der Waals surface area contributed by atoms with Crippen LogP contribution < -0.4 is 15.0 Å². The van der Waals surface area contributed by atoms with Crippen molar-refractivity contribution in [3.05, 3.63) is 54.1 Å². The van der Waals surface area contributed by atoms with Crippen LogP contribution in [-0.2, 0) is 15.3 Å².